The van der Waals surface area contributed by atoms with Crippen LogP contribution in [-0.2, 0) is 20.9 Å². The highest BCUT2D eigenvalue weighted by atomic mass is 16.5. The lowest BCUT2D eigenvalue weighted by atomic mass is 10.1. The van der Waals surface area contributed by atoms with E-state index in [2.05, 4.69) is 9.84 Å². The monoisotopic (exact) mass is 385 g/mol. The number of nitrogens with zero attached hydrogens (tertiary/aromatic N) is 1. The van der Waals surface area contributed by atoms with Gasteiger partial charge in [0.2, 0.25) is 0 Å². The van der Waals surface area contributed by atoms with Crippen LogP contribution in [0.5, 0.6) is 11.5 Å². The predicted molar refractivity (Wildman–Crippen MR) is 100 cm³/mol. The second kappa shape index (κ2) is 9.72. The topological polar surface area (TPSA) is 129 Å². The number of methoxy groups -OCH3 is 2. The number of ether oxygens (including phenoxy) is 3. The van der Waals surface area contributed by atoms with Crippen LogP contribution < -0.4 is 20.6 Å². The first kappa shape index (κ1) is 20.4. The van der Waals surface area contributed by atoms with Crippen LogP contribution in [0.15, 0.2) is 47.6 Å². The zero-order valence-electron chi connectivity index (χ0n) is 15.3. The zero-order valence-corrected chi connectivity index (χ0v) is 15.3. The zero-order chi connectivity index (χ0) is 20.5. The number of carbonyl (C=O) groups excluding carboxylic acids is 3. The number of esters is 1. The Balaban J connectivity index is 2.02. The van der Waals surface area contributed by atoms with Gasteiger partial charge in [0.05, 0.1) is 26.0 Å². The van der Waals surface area contributed by atoms with E-state index in [-0.39, 0.29) is 6.61 Å². The number of nitrogens with one attached hydrogen (secondary N) is 1. The van der Waals surface area contributed by atoms with Crippen molar-refractivity contribution in [2.45, 2.75) is 6.61 Å². The summed E-state index contributed by atoms with van der Waals surface area (Å²) in [5.74, 6) is -1.59. The minimum Gasteiger partial charge on any atom is -0.493 e. The average molecular weight is 385 g/mol. The SMILES string of the molecule is COC(=O)c1ccc(COc2ccc(C=NNC(=O)C(N)=O)cc2OC)cc1. The number of nitrogens with two attached hydrogens (primary N) is 1. The molecule has 146 valence electrons. The molecule has 0 fully saturated rings. The highest BCUT2D eigenvalue weighted by molar-refractivity contribution is 6.34. The summed E-state index contributed by atoms with van der Waals surface area (Å²) in [5.41, 5.74) is 8.72. The lowest BCUT2D eigenvalue weighted by Gasteiger charge is -2.11. The normalized spacial score (nSPS) is 10.4. The van der Waals surface area contributed by atoms with Gasteiger partial charge in [-0.1, -0.05) is 12.1 Å². The van der Waals surface area contributed by atoms with Gasteiger partial charge in [-0.2, -0.15) is 5.10 Å². The maximum atomic E-state index is 11.4. The number of rotatable bonds is 7. The molecule has 0 aromatic heterocycles. The highest BCUT2D eigenvalue weighted by Crippen LogP contribution is 2.28. The van der Waals surface area contributed by atoms with Crippen LogP contribution in [0.3, 0.4) is 0 Å². The van der Waals surface area contributed by atoms with Crippen molar-refractivity contribution in [3.63, 3.8) is 0 Å². The number of hydrogen-bond acceptors (Lipinski definition) is 7. The molecule has 0 saturated heterocycles. The quantitative estimate of drug-likeness (QED) is 0.317. The first-order valence-corrected chi connectivity index (χ1v) is 8.05. The molecule has 2 aromatic carbocycles. The summed E-state index contributed by atoms with van der Waals surface area (Å²) in [7, 11) is 2.81. The van der Waals surface area contributed by atoms with E-state index in [9.17, 15) is 14.4 Å². The van der Waals surface area contributed by atoms with Crippen molar-refractivity contribution >= 4 is 24.0 Å². The summed E-state index contributed by atoms with van der Waals surface area (Å²) >= 11 is 0. The Morgan fingerprint density at radius 2 is 1.79 bits per heavy atom. The number of carbonyl (C=O) groups is 3. The standard InChI is InChI=1S/C19H19N3O6/c1-26-16-9-13(10-21-22-18(24)17(20)23)5-8-15(16)28-11-12-3-6-14(7-4-12)19(25)27-2/h3-10H,11H2,1-2H3,(H2,20,23)(H,22,24). The fraction of sp³-hybridized carbons (Fsp3) is 0.158. The molecule has 2 rings (SSSR count). The van der Waals surface area contributed by atoms with E-state index in [0.717, 1.165) is 5.56 Å². The summed E-state index contributed by atoms with van der Waals surface area (Å²) in [6, 6.07) is 11.9. The maximum absolute atomic E-state index is 11.4. The van der Waals surface area contributed by atoms with Gasteiger partial charge in [0.15, 0.2) is 11.5 Å². The molecule has 2 aromatic rings. The number of primary amides is 1. The molecule has 28 heavy (non-hydrogen) atoms. The first-order chi connectivity index (χ1) is 13.4. The second-order valence-corrected chi connectivity index (χ2v) is 5.45. The Kier molecular flexibility index (Phi) is 7.09. The van der Waals surface area contributed by atoms with Gasteiger partial charge in [-0.05, 0) is 41.5 Å². The van der Waals surface area contributed by atoms with Crippen LogP contribution in [0.2, 0.25) is 0 Å². The van der Waals surface area contributed by atoms with Crippen molar-refractivity contribution in [3.05, 3.63) is 59.2 Å². The van der Waals surface area contributed by atoms with Crippen LogP contribution in [0.25, 0.3) is 0 Å². The van der Waals surface area contributed by atoms with Gasteiger partial charge in [0, 0.05) is 0 Å². The number of benzene rings is 2. The minimum absolute atomic E-state index is 0.264. The van der Waals surface area contributed by atoms with Crippen molar-refractivity contribution in [1.29, 1.82) is 0 Å². The third-order valence-corrected chi connectivity index (χ3v) is 3.56. The van der Waals surface area contributed by atoms with E-state index in [1.165, 1.54) is 20.4 Å². The van der Waals surface area contributed by atoms with Crippen LogP contribution >= 0.6 is 0 Å². The molecule has 9 heteroatoms. The van der Waals surface area contributed by atoms with E-state index in [1.54, 1.807) is 42.5 Å². The van der Waals surface area contributed by atoms with E-state index < -0.39 is 17.8 Å². The number of hydrazone groups is 1. The van der Waals surface area contributed by atoms with E-state index in [1.807, 2.05) is 5.43 Å². The molecule has 9 nitrogen and oxygen atoms in total. The predicted octanol–water partition coefficient (Wildman–Crippen LogP) is 0.996. The van der Waals surface area contributed by atoms with E-state index in [0.29, 0.717) is 22.6 Å². The van der Waals surface area contributed by atoms with Crippen LogP contribution in [0, 0.1) is 0 Å². The molecular formula is C19H19N3O6. The molecule has 0 radical (unpaired) electrons. The molecule has 0 atom stereocenters. The van der Waals surface area contributed by atoms with Gasteiger partial charge < -0.3 is 19.9 Å². The molecule has 0 saturated carbocycles. The molecule has 0 bridgehead atoms. The van der Waals surface area contributed by atoms with Gasteiger partial charge in [-0.3, -0.25) is 9.59 Å². The maximum Gasteiger partial charge on any atom is 0.337 e. The van der Waals surface area contributed by atoms with Gasteiger partial charge in [0.25, 0.3) is 0 Å². The van der Waals surface area contributed by atoms with Crippen LogP contribution in [0.4, 0.5) is 0 Å². The summed E-state index contributed by atoms with van der Waals surface area (Å²) in [6.45, 7) is 0.264. The van der Waals surface area contributed by atoms with E-state index >= 15 is 0 Å². The average Bonchev–Trinajstić information content (AvgIpc) is 2.72. The van der Waals surface area contributed by atoms with Crippen molar-refractivity contribution in [3.8, 4) is 11.5 Å². The molecule has 0 aliphatic rings. The van der Waals surface area contributed by atoms with Crippen LogP contribution in [0.1, 0.15) is 21.5 Å². The van der Waals surface area contributed by atoms with Gasteiger partial charge in [-0.25, -0.2) is 10.2 Å². The van der Waals surface area contributed by atoms with Crippen molar-refractivity contribution in [2.24, 2.45) is 10.8 Å². The molecule has 0 heterocycles. The summed E-state index contributed by atoms with van der Waals surface area (Å²) in [5, 5.41) is 3.63. The molecule has 2 amide bonds. The second-order valence-electron chi connectivity index (χ2n) is 5.45. The van der Waals surface area contributed by atoms with Gasteiger partial charge in [0.1, 0.15) is 6.61 Å². The number of amides is 2. The Morgan fingerprint density at radius 1 is 1.07 bits per heavy atom. The Bertz CT molecular complexity index is 893. The third-order valence-electron chi connectivity index (χ3n) is 3.56. The fourth-order valence-electron chi connectivity index (χ4n) is 2.12. The summed E-state index contributed by atoms with van der Waals surface area (Å²) in [6.07, 6.45) is 1.33. The largest absolute Gasteiger partial charge is 0.493 e. The Morgan fingerprint density at radius 3 is 2.39 bits per heavy atom. The van der Waals surface area contributed by atoms with Crippen LogP contribution in [-0.4, -0.2) is 38.2 Å². The Hall–Kier alpha value is -3.88. The first-order valence-electron chi connectivity index (χ1n) is 8.05. The van der Waals surface area contributed by atoms with Crippen molar-refractivity contribution < 1.29 is 28.6 Å². The Labute approximate surface area is 161 Å². The molecule has 3 N–H and O–H groups in total. The fourth-order valence-corrected chi connectivity index (χ4v) is 2.12. The lowest BCUT2D eigenvalue weighted by molar-refractivity contribution is -0.137. The highest BCUT2D eigenvalue weighted by Gasteiger charge is 2.08. The number of hydrogen-bond donors (Lipinski definition) is 2. The van der Waals surface area contributed by atoms with Gasteiger partial charge >= 0.3 is 17.8 Å². The molecule has 0 aliphatic carbocycles. The molecular weight excluding hydrogens is 366 g/mol. The molecule has 0 spiro atoms. The smallest absolute Gasteiger partial charge is 0.337 e. The van der Waals surface area contributed by atoms with Gasteiger partial charge in [-0.15, -0.1) is 0 Å². The van der Waals surface area contributed by atoms with Crippen molar-refractivity contribution in [1.82, 2.24) is 5.43 Å². The third kappa shape index (κ3) is 5.56. The van der Waals surface area contributed by atoms with Crippen molar-refractivity contribution in [2.75, 3.05) is 14.2 Å². The minimum atomic E-state index is -1.13. The van der Waals surface area contributed by atoms with E-state index in [4.69, 9.17) is 15.2 Å². The summed E-state index contributed by atoms with van der Waals surface area (Å²) < 4.78 is 15.7. The summed E-state index contributed by atoms with van der Waals surface area (Å²) in [4.78, 5) is 33.1. The molecule has 0 unspecified atom stereocenters. The molecule has 0 aliphatic heterocycles. The lowest BCUT2D eigenvalue weighted by Crippen LogP contribution is -2.32.